The second-order valence-corrected chi connectivity index (χ2v) is 3.98. The zero-order valence-corrected chi connectivity index (χ0v) is 7.82. The van der Waals surface area contributed by atoms with Crippen molar-refractivity contribution in [2.75, 3.05) is 11.5 Å². The van der Waals surface area contributed by atoms with Gasteiger partial charge in [0.2, 0.25) is 5.91 Å². The van der Waals surface area contributed by atoms with Crippen LogP contribution in [0.1, 0.15) is 19.3 Å². The standard InChI is InChI=1S/C9H13NOS/c1-2-3-4-9(11)10-8-5-6-12-7-8/h1,8H,3-7H2,(H,10,11). The van der Waals surface area contributed by atoms with Crippen molar-refractivity contribution in [3.8, 4) is 12.3 Å². The van der Waals surface area contributed by atoms with E-state index < -0.39 is 0 Å². The molecule has 1 unspecified atom stereocenters. The summed E-state index contributed by atoms with van der Waals surface area (Å²) < 4.78 is 0. The van der Waals surface area contributed by atoms with E-state index in [-0.39, 0.29) is 5.91 Å². The van der Waals surface area contributed by atoms with Crippen LogP contribution in [0.4, 0.5) is 0 Å². The minimum Gasteiger partial charge on any atom is -0.352 e. The lowest BCUT2D eigenvalue weighted by molar-refractivity contribution is -0.121. The van der Waals surface area contributed by atoms with Crippen molar-refractivity contribution in [2.45, 2.75) is 25.3 Å². The summed E-state index contributed by atoms with van der Waals surface area (Å²) in [6.07, 6.45) is 7.17. The van der Waals surface area contributed by atoms with Crippen LogP contribution in [0.25, 0.3) is 0 Å². The topological polar surface area (TPSA) is 29.1 Å². The maximum absolute atomic E-state index is 11.1. The second kappa shape index (κ2) is 5.10. The Morgan fingerprint density at radius 1 is 1.75 bits per heavy atom. The number of amides is 1. The summed E-state index contributed by atoms with van der Waals surface area (Å²) in [5.74, 6) is 4.78. The molecule has 66 valence electrons. The van der Waals surface area contributed by atoms with Crippen molar-refractivity contribution in [3.05, 3.63) is 0 Å². The number of hydrogen-bond donors (Lipinski definition) is 1. The summed E-state index contributed by atoms with van der Waals surface area (Å²) in [5.41, 5.74) is 0. The third-order valence-electron chi connectivity index (χ3n) is 1.79. The van der Waals surface area contributed by atoms with Gasteiger partial charge in [0.25, 0.3) is 0 Å². The average Bonchev–Trinajstić information content (AvgIpc) is 2.53. The minimum absolute atomic E-state index is 0.0976. The molecular weight excluding hydrogens is 170 g/mol. The Hall–Kier alpha value is -0.620. The van der Waals surface area contributed by atoms with Crippen LogP contribution in [0.15, 0.2) is 0 Å². The molecule has 1 aliphatic rings. The third-order valence-corrected chi connectivity index (χ3v) is 2.95. The highest BCUT2D eigenvalue weighted by Gasteiger charge is 2.16. The zero-order valence-electron chi connectivity index (χ0n) is 7.01. The Bertz CT molecular complexity index is 191. The lowest BCUT2D eigenvalue weighted by Crippen LogP contribution is -2.34. The number of thioether (sulfide) groups is 1. The molecule has 1 atom stereocenters. The lowest BCUT2D eigenvalue weighted by atomic mass is 10.2. The van der Waals surface area contributed by atoms with E-state index in [1.165, 1.54) is 5.75 Å². The van der Waals surface area contributed by atoms with Gasteiger partial charge in [0, 0.05) is 24.6 Å². The molecule has 1 saturated heterocycles. The molecule has 2 nitrogen and oxygen atoms in total. The smallest absolute Gasteiger partial charge is 0.221 e. The highest BCUT2D eigenvalue weighted by atomic mass is 32.2. The van der Waals surface area contributed by atoms with Crippen LogP contribution in [0.2, 0.25) is 0 Å². The van der Waals surface area contributed by atoms with Gasteiger partial charge in [0.05, 0.1) is 0 Å². The van der Waals surface area contributed by atoms with Gasteiger partial charge in [-0.05, 0) is 12.2 Å². The van der Waals surface area contributed by atoms with Crippen LogP contribution in [0.5, 0.6) is 0 Å². The monoisotopic (exact) mass is 183 g/mol. The van der Waals surface area contributed by atoms with E-state index in [0.717, 1.165) is 12.2 Å². The fraction of sp³-hybridized carbons (Fsp3) is 0.667. The molecule has 0 bridgehead atoms. The molecule has 0 saturated carbocycles. The van der Waals surface area contributed by atoms with Crippen LogP contribution in [-0.4, -0.2) is 23.5 Å². The fourth-order valence-electron chi connectivity index (χ4n) is 1.13. The molecule has 3 heteroatoms. The number of nitrogens with one attached hydrogen (secondary N) is 1. The maximum atomic E-state index is 11.1. The number of terminal acetylenes is 1. The molecule has 1 amide bonds. The van der Waals surface area contributed by atoms with Gasteiger partial charge in [-0.15, -0.1) is 12.3 Å². The maximum Gasteiger partial charge on any atom is 0.221 e. The summed E-state index contributed by atoms with van der Waals surface area (Å²) in [6.45, 7) is 0. The molecule has 0 spiro atoms. The van der Waals surface area contributed by atoms with Gasteiger partial charge in [-0.1, -0.05) is 0 Å². The van der Waals surface area contributed by atoms with E-state index in [4.69, 9.17) is 6.42 Å². The van der Waals surface area contributed by atoms with E-state index in [0.29, 0.717) is 18.9 Å². The fourth-order valence-corrected chi connectivity index (χ4v) is 2.29. The number of carbonyl (C=O) groups excluding carboxylic acids is 1. The van der Waals surface area contributed by atoms with E-state index >= 15 is 0 Å². The van der Waals surface area contributed by atoms with Crippen LogP contribution >= 0.6 is 11.8 Å². The summed E-state index contributed by atoms with van der Waals surface area (Å²) in [5, 5.41) is 2.96. The van der Waals surface area contributed by atoms with Gasteiger partial charge in [0.1, 0.15) is 0 Å². The molecule has 0 aromatic heterocycles. The van der Waals surface area contributed by atoms with Gasteiger partial charge in [0.15, 0.2) is 0 Å². The Balaban J connectivity index is 2.13. The first kappa shape index (κ1) is 9.47. The van der Waals surface area contributed by atoms with Crippen molar-refractivity contribution in [2.24, 2.45) is 0 Å². The quantitative estimate of drug-likeness (QED) is 0.662. The van der Waals surface area contributed by atoms with Crippen molar-refractivity contribution < 1.29 is 4.79 Å². The highest BCUT2D eigenvalue weighted by molar-refractivity contribution is 7.99. The van der Waals surface area contributed by atoms with E-state index in [1.807, 2.05) is 11.8 Å². The van der Waals surface area contributed by atoms with Gasteiger partial charge in [-0.2, -0.15) is 11.8 Å². The first-order valence-corrected chi connectivity index (χ1v) is 5.29. The molecule has 12 heavy (non-hydrogen) atoms. The normalized spacial score (nSPS) is 21.8. The van der Waals surface area contributed by atoms with Crippen LogP contribution in [0, 0.1) is 12.3 Å². The second-order valence-electron chi connectivity index (χ2n) is 2.83. The van der Waals surface area contributed by atoms with Crippen LogP contribution in [-0.2, 0) is 4.79 Å². The molecule has 0 aromatic rings. The van der Waals surface area contributed by atoms with Gasteiger partial charge < -0.3 is 5.32 Å². The van der Waals surface area contributed by atoms with E-state index in [9.17, 15) is 4.79 Å². The van der Waals surface area contributed by atoms with Crippen LogP contribution in [0.3, 0.4) is 0 Å². The Morgan fingerprint density at radius 3 is 3.17 bits per heavy atom. The minimum atomic E-state index is 0.0976. The molecule has 0 radical (unpaired) electrons. The first-order chi connectivity index (χ1) is 5.83. The van der Waals surface area contributed by atoms with Gasteiger partial charge in [-0.25, -0.2) is 0 Å². The van der Waals surface area contributed by atoms with Gasteiger partial charge >= 0.3 is 0 Å². The molecular formula is C9H13NOS. The highest BCUT2D eigenvalue weighted by Crippen LogP contribution is 2.16. The molecule has 0 aliphatic carbocycles. The average molecular weight is 183 g/mol. The number of carbonyl (C=O) groups is 1. The van der Waals surface area contributed by atoms with E-state index in [1.54, 1.807) is 0 Å². The molecule has 1 aliphatic heterocycles. The van der Waals surface area contributed by atoms with Crippen molar-refractivity contribution >= 4 is 17.7 Å². The predicted molar refractivity (Wildman–Crippen MR) is 51.9 cm³/mol. The third kappa shape index (κ3) is 3.19. The molecule has 1 heterocycles. The summed E-state index contributed by atoms with van der Waals surface area (Å²) in [6, 6.07) is 0.389. The Labute approximate surface area is 77.5 Å². The zero-order chi connectivity index (χ0) is 8.81. The lowest BCUT2D eigenvalue weighted by Gasteiger charge is -2.09. The first-order valence-electron chi connectivity index (χ1n) is 4.13. The van der Waals surface area contributed by atoms with E-state index in [2.05, 4.69) is 11.2 Å². The summed E-state index contributed by atoms with van der Waals surface area (Å²) in [4.78, 5) is 11.1. The Morgan fingerprint density at radius 2 is 2.58 bits per heavy atom. The molecule has 0 aromatic carbocycles. The van der Waals surface area contributed by atoms with Crippen molar-refractivity contribution in [1.29, 1.82) is 0 Å². The molecule has 1 fully saturated rings. The summed E-state index contributed by atoms with van der Waals surface area (Å²) in [7, 11) is 0. The number of hydrogen-bond acceptors (Lipinski definition) is 2. The number of rotatable bonds is 3. The van der Waals surface area contributed by atoms with Crippen molar-refractivity contribution in [3.63, 3.8) is 0 Å². The molecule has 1 rings (SSSR count). The SMILES string of the molecule is C#CCCC(=O)NC1CCSC1. The van der Waals surface area contributed by atoms with Crippen LogP contribution < -0.4 is 5.32 Å². The Kier molecular flexibility index (Phi) is 4.02. The summed E-state index contributed by atoms with van der Waals surface area (Å²) >= 11 is 1.89. The predicted octanol–water partition coefficient (Wildman–Crippen LogP) is 1.02. The van der Waals surface area contributed by atoms with Gasteiger partial charge in [-0.3, -0.25) is 4.79 Å². The molecule has 1 N–H and O–H groups in total. The largest absolute Gasteiger partial charge is 0.352 e. The van der Waals surface area contributed by atoms with Crippen molar-refractivity contribution in [1.82, 2.24) is 5.32 Å².